The molecule has 2 rings (SSSR count). The quantitative estimate of drug-likeness (QED) is 0.897. The van der Waals surface area contributed by atoms with E-state index in [9.17, 15) is 8.78 Å². The zero-order chi connectivity index (χ0) is 14.7. The summed E-state index contributed by atoms with van der Waals surface area (Å²) in [6.45, 7) is 1.95. The van der Waals surface area contributed by atoms with Gasteiger partial charge in [0.25, 0.3) is 0 Å². The summed E-state index contributed by atoms with van der Waals surface area (Å²) in [4.78, 5) is 4.26. The molecule has 1 fully saturated rings. The Hall–Kier alpha value is -1.04. The average molecular weight is 283 g/mol. The van der Waals surface area contributed by atoms with E-state index in [1.807, 2.05) is 14.1 Å². The first-order chi connectivity index (χ1) is 9.54. The molecule has 20 heavy (non-hydrogen) atoms. The summed E-state index contributed by atoms with van der Waals surface area (Å²) in [5.74, 6) is -1.01. The molecule has 1 heterocycles. The molecule has 2 N–H and O–H groups in total. The highest BCUT2D eigenvalue weighted by Crippen LogP contribution is 2.31. The third kappa shape index (κ3) is 3.16. The highest BCUT2D eigenvalue weighted by Gasteiger charge is 2.33. The van der Waals surface area contributed by atoms with E-state index >= 15 is 0 Å². The third-order valence-corrected chi connectivity index (χ3v) is 3.96. The monoisotopic (exact) mass is 283 g/mol. The van der Waals surface area contributed by atoms with Gasteiger partial charge in [-0.05, 0) is 45.6 Å². The Balaban J connectivity index is 2.27. The second kappa shape index (κ2) is 6.61. The van der Waals surface area contributed by atoms with Gasteiger partial charge in [-0.3, -0.25) is 4.90 Å². The molecule has 5 heteroatoms. The van der Waals surface area contributed by atoms with E-state index in [0.29, 0.717) is 6.04 Å². The van der Waals surface area contributed by atoms with Gasteiger partial charge >= 0.3 is 0 Å². The van der Waals surface area contributed by atoms with E-state index in [0.717, 1.165) is 25.9 Å². The number of hydrogen-bond acceptors (Lipinski definition) is 3. The minimum Gasteiger partial charge on any atom is -0.329 e. The van der Waals surface area contributed by atoms with Gasteiger partial charge < -0.3 is 10.6 Å². The van der Waals surface area contributed by atoms with Crippen LogP contribution in [-0.4, -0.2) is 49.6 Å². The van der Waals surface area contributed by atoms with Crippen molar-refractivity contribution in [1.29, 1.82) is 0 Å². The molecule has 1 saturated heterocycles. The van der Waals surface area contributed by atoms with E-state index in [-0.39, 0.29) is 18.2 Å². The Morgan fingerprint density at radius 1 is 1.35 bits per heavy atom. The lowest BCUT2D eigenvalue weighted by Gasteiger charge is -2.34. The van der Waals surface area contributed by atoms with Crippen molar-refractivity contribution in [3.05, 3.63) is 35.4 Å². The lowest BCUT2D eigenvalue weighted by molar-refractivity contribution is 0.150. The Morgan fingerprint density at radius 3 is 2.55 bits per heavy atom. The number of halogens is 2. The Kier molecular flexibility index (Phi) is 5.07. The van der Waals surface area contributed by atoms with Crippen molar-refractivity contribution < 1.29 is 8.78 Å². The number of nitrogens with zero attached hydrogens (tertiary/aromatic N) is 2. The van der Waals surface area contributed by atoms with Crippen LogP contribution in [0.3, 0.4) is 0 Å². The van der Waals surface area contributed by atoms with Crippen LogP contribution in [0.15, 0.2) is 18.2 Å². The number of rotatable bonds is 5. The maximum atomic E-state index is 14.0. The molecular weight excluding hydrogens is 260 g/mol. The van der Waals surface area contributed by atoms with Gasteiger partial charge in [0.2, 0.25) is 0 Å². The standard InChI is InChI=1S/C15H23F2N3/c1-19(2)10-11-5-4-8-20(11)14(9-18)15-12(16)6-3-7-13(15)17/h3,6-7,11,14H,4-5,8-10,18H2,1-2H3. The van der Waals surface area contributed by atoms with Crippen LogP contribution < -0.4 is 5.73 Å². The van der Waals surface area contributed by atoms with E-state index in [1.54, 1.807) is 0 Å². The summed E-state index contributed by atoms with van der Waals surface area (Å²) in [6, 6.07) is 3.92. The Bertz CT molecular complexity index is 430. The molecule has 0 amide bonds. The van der Waals surface area contributed by atoms with Crippen LogP contribution in [-0.2, 0) is 0 Å². The van der Waals surface area contributed by atoms with Gasteiger partial charge in [-0.2, -0.15) is 0 Å². The van der Waals surface area contributed by atoms with Crippen LogP contribution in [0.5, 0.6) is 0 Å². The number of likely N-dealkylation sites (tertiary alicyclic amines) is 1. The average Bonchev–Trinajstić information content (AvgIpc) is 2.81. The lowest BCUT2D eigenvalue weighted by atomic mass is 10.0. The third-order valence-electron chi connectivity index (χ3n) is 3.96. The molecule has 0 spiro atoms. The maximum Gasteiger partial charge on any atom is 0.130 e. The summed E-state index contributed by atoms with van der Waals surface area (Å²) in [6.07, 6.45) is 2.09. The number of hydrogen-bond donors (Lipinski definition) is 1. The molecule has 2 atom stereocenters. The molecule has 112 valence electrons. The highest BCUT2D eigenvalue weighted by molar-refractivity contribution is 5.24. The van der Waals surface area contributed by atoms with Gasteiger partial charge in [-0.25, -0.2) is 8.78 Å². The molecule has 0 aromatic heterocycles. The summed E-state index contributed by atoms with van der Waals surface area (Å²) in [5.41, 5.74) is 5.94. The van der Waals surface area contributed by atoms with Crippen LogP contribution in [0.4, 0.5) is 8.78 Å². The van der Waals surface area contributed by atoms with Gasteiger partial charge in [0, 0.05) is 24.7 Å². The predicted octanol–water partition coefficient (Wildman–Crippen LogP) is 1.99. The van der Waals surface area contributed by atoms with Crippen molar-refractivity contribution in [2.45, 2.75) is 24.9 Å². The largest absolute Gasteiger partial charge is 0.329 e. The molecule has 1 aromatic carbocycles. The summed E-state index contributed by atoms with van der Waals surface area (Å²) < 4.78 is 28.0. The molecule has 3 nitrogen and oxygen atoms in total. The second-order valence-electron chi connectivity index (χ2n) is 5.68. The number of likely N-dealkylation sites (N-methyl/N-ethyl adjacent to an activating group) is 1. The normalized spacial score (nSPS) is 21.6. The first kappa shape index (κ1) is 15.4. The summed E-state index contributed by atoms with van der Waals surface area (Å²) >= 11 is 0. The first-order valence-electron chi connectivity index (χ1n) is 7.09. The summed E-state index contributed by atoms with van der Waals surface area (Å²) in [5, 5.41) is 0. The maximum absolute atomic E-state index is 14.0. The smallest absolute Gasteiger partial charge is 0.130 e. The molecule has 1 aliphatic rings. The molecule has 0 aliphatic carbocycles. The van der Waals surface area contributed by atoms with Crippen LogP contribution in [0, 0.1) is 11.6 Å². The minimum atomic E-state index is -0.504. The van der Waals surface area contributed by atoms with Gasteiger partial charge in [-0.1, -0.05) is 6.07 Å². The topological polar surface area (TPSA) is 32.5 Å². The zero-order valence-corrected chi connectivity index (χ0v) is 12.1. The van der Waals surface area contributed by atoms with Crippen LogP contribution >= 0.6 is 0 Å². The molecule has 2 unspecified atom stereocenters. The predicted molar refractivity (Wildman–Crippen MR) is 76.4 cm³/mol. The first-order valence-corrected chi connectivity index (χ1v) is 7.09. The van der Waals surface area contributed by atoms with Crippen molar-refractivity contribution in [2.24, 2.45) is 5.73 Å². The van der Waals surface area contributed by atoms with Gasteiger partial charge in [0.1, 0.15) is 11.6 Å². The van der Waals surface area contributed by atoms with Crippen molar-refractivity contribution >= 4 is 0 Å². The van der Waals surface area contributed by atoms with Crippen LogP contribution in [0.1, 0.15) is 24.4 Å². The van der Waals surface area contributed by atoms with Crippen LogP contribution in [0.2, 0.25) is 0 Å². The lowest BCUT2D eigenvalue weighted by Crippen LogP contribution is -2.42. The molecule has 0 bridgehead atoms. The molecular formula is C15H23F2N3. The summed E-state index contributed by atoms with van der Waals surface area (Å²) in [7, 11) is 4.02. The highest BCUT2D eigenvalue weighted by atomic mass is 19.1. The van der Waals surface area contributed by atoms with Crippen LogP contribution in [0.25, 0.3) is 0 Å². The van der Waals surface area contributed by atoms with E-state index in [4.69, 9.17) is 5.73 Å². The van der Waals surface area contributed by atoms with Crippen molar-refractivity contribution in [3.8, 4) is 0 Å². The van der Waals surface area contributed by atoms with E-state index in [2.05, 4.69) is 9.80 Å². The van der Waals surface area contributed by atoms with Gasteiger partial charge in [0.15, 0.2) is 0 Å². The number of benzene rings is 1. The molecule has 1 aliphatic heterocycles. The SMILES string of the molecule is CN(C)CC1CCCN1C(CN)c1c(F)cccc1F. The molecule has 1 aromatic rings. The van der Waals surface area contributed by atoms with E-state index < -0.39 is 11.6 Å². The Labute approximate surface area is 119 Å². The molecule has 0 radical (unpaired) electrons. The van der Waals surface area contributed by atoms with Gasteiger partial charge in [0.05, 0.1) is 6.04 Å². The zero-order valence-electron chi connectivity index (χ0n) is 12.1. The van der Waals surface area contributed by atoms with Crippen molar-refractivity contribution in [1.82, 2.24) is 9.80 Å². The van der Waals surface area contributed by atoms with E-state index in [1.165, 1.54) is 18.2 Å². The minimum absolute atomic E-state index is 0.112. The Morgan fingerprint density at radius 2 is 2.00 bits per heavy atom. The second-order valence-corrected chi connectivity index (χ2v) is 5.68. The number of nitrogens with two attached hydrogens (primary N) is 1. The fourth-order valence-electron chi connectivity index (χ4n) is 3.13. The molecule has 0 saturated carbocycles. The van der Waals surface area contributed by atoms with Gasteiger partial charge in [-0.15, -0.1) is 0 Å². The van der Waals surface area contributed by atoms with Crippen molar-refractivity contribution in [2.75, 3.05) is 33.7 Å². The van der Waals surface area contributed by atoms with Crippen molar-refractivity contribution in [3.63, 3.8) is 0 Å². The fourth-order valence-corrected chi connectivity index (χ4v) is 3.13. The fraction of sp³-hybridized carbons (Fsp3) is 0.600.